The Morgan fingerprint density at radius 1 is 1.11 bits per heavy atom. The molecule has 1 heterocycles. The molecule has 4 nitrogen and oxygen atoms in total. The second-order valence-electron chi connectivity index (χ2n) is 11.2. The molecule has 4 N–H and O–H groups in total. The van der Waals surface area contributed by atoms with E-state index in [1.807, 2.05) is 45.9 Å². The summed E-state index contributed by atoms with van der Waals surface area (Å²) in [5.41, 5.74) is 12.4. The average molecular weight is 611 g/mol. The number of imidazole rings is 1. The first-order chi connectivity index (χ1) is 21.4. The van der Waals surface area contributed by atoms with Gasteiger partial charge in [-0.3, -0.25) is 0 Å². The molecule has 2 aromatic carbocycles. The molecule has 0 radical (unpaired) electrons. The first-order valence-corrected chi connectivity index (χ1v) is 14.9. The number of aromatic amines is 1. The van der Waals surface area contributed by atoms with Gasteiger partial charge in [0.2, 0.25) is 0 Å². The number of aryl methyl sites for hydroxylation is 1. The smallest absolute Gasteiger partial charge is 0.136 e. The zero-order chi connectivity index (χ0) is 34.3. The number of aromatic nitrogens is 2. The molecule has 0 amide bonds. The zero-order valence-corrected chi connectivity index (χ0v) is 27.8. The molecule has 45 heavy (non-hydrogen) atoms. The molecule has 238 valence electrons. The fraction of sp³-hybridized carbons (Fsp3) is 0.256. The number of halogens is 2. The number of nitrogen functional groups attached to an aromatic ring is 1. The Bertz CT molecular complexity index is 1590. The number of nitrogens with zero attached hydrogens (tertiary/aromatic N) is 1. The lowest BCUT2D eigenvalue weighted by Crippen LogP contribution is -2.16. The minimum absolute atomic E-state index is 0.0708. The van der Waals surface area contributed by atoms with E-state index in [1.54, 1.807) is 36.4 Å². The molecule has 0 bridgehead atoms. The second-order valence-corrected chi connectivity index (χ2v) is 11.2. The summed E-state index contributed by atoms with van der Waals surface area (Å²) in [6.45, 7) is 26.0. The fourth-order valence-electron chi connectivity index (χ4n) is 4.68. The van der Waals surface area contributed by atoms with E-state index in [9.17, 15) is 4.39 Å². The third-order valence-corrected chi connectivity index (χ3v) is 6.45. The van der Waals surface area contributed by atoms with Crippen LogP contribution in [-0.2, 0) is 6.42 Å². The molecule has 0 saturated carbocycles. The molecular formula is C39H48F2N4. The van der Waals surface area contributed by atoms with Crippen LogP contribution in [0.2, 0.25) is 0 Å². The molecule has 0 unspecified atom stereocenters. The van der Waals surface area contributed by atoms with Gasteiger partial charge in [-0.05, 0) is 73.2 Å². The number of hydrogen-bond acceptors (Lipinski definition) is 3. The van der Waals surface area contributed by atoms with Gasteiger partial charge in [0.1, 0.15) is 17.5 Å². The fourth-order valence-corrected chi connectivity index (χ4v) is 4.68. The van der Waals surface area contributed by atoms with Crippen LogP contribution in [0.1, 0.15) is 81.9 Å². The Kier molecular flexibility index (Phi) is 15.3. The minimum atomic E-state index is -0.422. The van der Waals surface area contributed by atoms with Gasteiger partial charge in [-0.1, -0.05) is 84.7 Å². The number of rotatable bonds is 11. The van der Waals surface area contributed by atoms with Crippen LogP contribution in [0.15, 0.2) is 97.9 Å². The zero-order valence-electron chi connectivity index (χ0n) is 27.8. The molecule has 0 aliphatic heterocycles. The maximum atomic E-state index is 16.1. The molecule has 0 aliphatic rings. The van der Waals surface area contributed by atoms with Gasteiger partial charge in [-0.15, -0.1) is 12.8 Å². The topological polar surface area (TPSA) is 66.7 Å². The summed E-state index contributed by atoms with van der Waals surface area (Å²) >= 11 is 0. The van der Waals surface area contributed by atoms with E-state index in [-0.39, 0.29) is 17.7 Å². The molecule has 3 aromatic rings. The maximum absolute atomic E-state index is 16.1. The summed E-state index contributed by atoms with van der Waals surface area (Å²) in [5, 5.41) is 3.30. The Balaban J connectivity index is 0.00000243. The van der Waals surface area contributed by atoms with Crippen LogP contribution < -0.4 is 11.1 Å². The third kappa shape index (κ3) is 11.0. The lowest BCUT2D eigenvalue weighted by molar-refractivity contribution is 0.403. The number of H-pyrrole nitrogens is 1. The van der Waals surface area contributed by atoms with Crippen molar-refractivity contribution in [3.8, 4) is 12.8 Å². The van der Waals surface area contributed by atoms with Gasteiger partial charge < -0.3 is 16.0 Å². The molecule has 0 aliphatic carbocycles. The summed E-state index contributed by atoms with van der Waals surface area (Å²) in [7, 11) is 0. The highest BCUT2D eigenvalue weighted by Crippen LogP contribution is 2.31. The van der Waals surface area contributed by atoms with E-state index in [4.69, 9.17) is 10.7 Å². The Hall–Kier alpha value is -4.89. The number of allylic oxidation sites excluding steroid dienone is 7. The van der Waals surface area contributed by atoms with Crippen LogP contribution in [0.25, 0.3) is 11.1 Å². The van der Waals surface area contributed by atoms with Gasteiger partial charge in [0.05, 0.1) is 5.69 Å². The minimum Gasteiger partial charge on any atom is -0.398 e. The van der Waals surface area contributed by atoms with Crippen LogP contribution in [0.4, 0.5) is 14.5 Å². The van der Waals surface area contributed by atoms with E-state index in [0.717, 1.165) is 23.5 Å². The summed E-state index contributed by atoms with van der Waals surface area (Å²) < 4.78 is 30.0. The van der Waals surface area contributed by atoms with Gasteiger partial charge in [-0.2, -0.15) is 0 Å². The van der Waals surface area contributed by atoms with Gasteiger partial charge in [-0.25, -0.2) is 13.8 Å². The summed E-state index contributed by atoms with van der Waals surface area (Å²) in [6.07, 6.45) is 17.7. The molecule has 3 rings (SSSR count). The molecule has 0 spiro atoms. The monoisotopic (exact) mass is 610 g/mol. The molecule has 0 fully saturated rings. The van der Waals surface area contributed by atoms with Crippen molar-refractivity contribution >= 4 is 16.8 Å². The van der Waals surface area contributed by atoms with Crippen molar-refractivity contribution in [1.82, 2.24) is 15.3 Å². The number of hydrogen-bond donors (Lipinski definition) is 3. The largest absolute Gasteiger partial charge is 0.398 e. The first kappa shape index (κ1) is 38.1. The van der Waals surface area contributed by atoms with Crippen LogP contribution in [0, 0.1) is 36.8 Å². The summed E-state index contributed by atoms with van der Waals surface area (Å²) in [5.74, 6) is -0.232. The predicted octanol–water partition coefficient (Wildman–Crippen LogP) is 10.1. The average Bonchev–Trinajstić information content (AvgIpc) is 3.36. The highest BCUT2D eigenvalue weighted by molar-refractivity contribution is 5.80. The first-order valence-electron chi connectivity index (χ1n) is 14.9. The summed E-state index contributed by atoms with van der Waals surface area (Å²) in [4.78, 5) is 8.01. The van der Waals surface area contributed by atoms with Crippen molar-refractivity contribution in [2.75, 3.05) is 5.73 Å². The van der Waals surface area contributed by atoms with E-state index in [2.05, 4.69) is 63.7 Å². The van der Waals surface area contributed by atoms with E-state index >= 15 is 4.39 Å². The molecule has 1 aromatic heterocycles. The second kappa shape index (κ2) is 18.0. The third-order valence-electron chi connectivity index (χ3n) is 6.45. The highest BCUT2D eigenvalue weighted by atomic mass is 19.1. The van der Waals surface area contributed by atoms with Crippen LogP contribution in [0.3, 0.4) is 0 Å². The normalized spacial score (nSPS) is 11.8. The number of anilines is 1. The van der Waals surface area contributed by atoms with Crippen LogP contribution >= 0.6 is 0 Å². The number of nitrogens with two attached hydrogens (primary N) is 1. The Morgan fingerprint density at radius 2 is 1.78 bits per heavy atom. The van der Waals surface area contributed by atoms with Crippen molar-refractivity contribution in [3.05, 3.63) is 143 Å². The van der Waals surface area contributed by atoms with Gasteiger partial charge >= 0.3 is 0 Å². The van der Waals surface area contributed by atoms with Crippen molar-refractivity contribution in [2.45, 2.75) is 61.3 Å². The van der Waals surface area contributed by atoms with E-state index in [0.29, 0.717) is 45.0 Å². The molecule has 6 heteroatoms. The highest BCUT2D eigenvalue weighted by Gasteiger charge is 2.19. The number of benzene rings is 2. The van der Waals surface area contributed by atoms with Crippen LogP contribution in [0.5, 0.6) is 0 Å². The van der Waals surface area contributed by atoms with Gasteiger partial charge in [0.25, 0.3) is 0 Å². The number of nitrogens with one attached hydrogen (secondary N) is 2. The van der Waals surface area contributed by atoms with Gasteiger partial charge in [0.15, 0.2) is 0 Å². The van der Waals surface area contributed by atoms with Crippen molar-refractivity contribution in [1.29, 1.82) is 0 Å². The molecular weight excluding hydrogens is 562 g/mol. The lowest BCUT2D eigenvalue weighted by Gasteiger charge is -2.21. The number of terminal acetylenes is 1. The SMILES string of the molecule is C#C.C=C/C=C(/c1cccc(F)c1)c1nc(Cc2c(N)ccc(C(/C=C(\C=C)NC(=C)CC(C)(C)C)=C/C)c2F)[nH]c1C.CC. The quantitative estimate of drug-likeness (QED) is 0.115. The maximum Gasteiger partial charge on any atom is 0.136 e. The summed E-state index contributed by atoms with van der Waals surface area (Å²) in [6, 6.07) is 9.68. The standard InChI is InChI=1S/C35H40F2N4.C2H6.C2H2/c1-9-13-29(25-14-12-15-26(36)18-25)34-23(5)40-32(41-34)20-30-31(38)17-16-28(33(30)37)24(10-2)19-27(11-3)39-22(4)21-35(6,7)8;2*1-2/h9-19,39H,1,3-4,20-21,38H2,2,5-8H3,(H,40,41);1-2H3;1-2H/b24-10+,27-19+,29-13-;;. The Morgan fingerprint density at radius 3 is 2.33 bits per heavy atom. The van der Waals surface area contributed by atoms with E-state index in [1.165, 1.54) is 12.1 Å². The van der Waals surface area contributed by atoms with Crippen molar-refractivity contribution < 1.29 is 8.78 Å². The molecule has 0 atom stereocenters. The van der Waals surface area contributed by atoms with Gasteiger partial charge in [0, 0.05) is 45.9 Å². The Labute approximate surface area is 269 Å². The van der Waals surface area contributed by atoms with Crippen molar-refractivity contribution in [3.63, 3.8) is 0 Å². The molecule has 0 saturated heterocycles. The lowest BCUT2D eigenvalue weighted by atomic mass is 9.91. The van der Waals surface area contributed by atoms with Crippen LogP contribution in [-0.4, -0.2) is 9.97 Å². The van der Waals surface area contributed by atoms with Crippen molar-refractivity contribution in [2.24, 2.45) is 5.41 Å². The predicted molar refractivity (Wildman–Crippen MR) is 190 cm³/mol. The van der Waals surface area contributed by atoms with E-state index < -0.39 is 5.82 Å².